The molecule has 0 bridgehead atoms. The molecule has 2 N–H and O–H groups in total. The van der Waals surface area contributed by atoms with E-state index >= 15 is 0 Å². The van der Waals surface area contributed by atoms with Crippen molar-refractivity contribution in [3.63, 3.8) is 0 Å². The lowest BCUT2D eigenvalue weighted by molar-refractivity contribution is 0.0886. The third kappa shape index (κ3) is 4.63. The van der Waals surface area contributed by atoms with Crippen molar-refractivity contribution in [2.75, 3.05) is 13.2 Å². The zero-order valence-electron chi connectivity index (χ0n) is 11.2. The van der Waals surface area contributed by atoms with Crippen LogP contribution in [-0.4, -0.2) is 13.2 Å². The Morgan fingerprint density at radius 1 is 1.00 bits per heavy atom. The molecule has 2 aromatic carbocycles. The second-order valence-corrected chi connectivity index (χ2v) is 5.20. The Balaban J connectivity index is 1.71. The summed E-state index contributed by atoms with van der Waals surface area (Å²) in [6.45, 7) is 2.21. The molecule has 2 aromatic rings. The summed E-state index contributed by atoms with van der Waals surface area (Å²) < 4.78 is 12.2. The average molecular weight is 336 g/mol. The first-order valence-corrected chi connectivity index (χ1v) is 7.32. The van der Waals surface area contributed by atoms with Crippen molar-refractivity contribution >= 4 is 15.9 Å². The zero-order valence-corrected chi connectivity index (χ0v) is 12.8. The van der Waals surface area contributed by atoms with Crippen molar-refractivity contribution in [1.82, 2.24) is 0 Å². The average Bonchev–Trinajstić information content (AvgIpc) is 2.49. The lowest BCUT2D eigenvalue weighted by Gasteiger charge is -2.09. The third-order valence-electron chi connectivity index (χ3n) is 2.85. The Hall–Kier alpha value is -1.36. The van der Waals surface area contributed by atoms with Crippen LogP contribution in [0.5, 0.6) is 5.75 Å². The summed E-state index contributed by atoms with van der Waals surface area (Å²) in [6, 6.07) is 15.8. The zero-order chi connectivity index (χ0) is 14.2. The van der Waals surface area contributed by atoms with Crippen molar-refractivity contribution < 1.29 is 9.47 Å². The maximum Gasteiger partial charge on any atom is 0.119 e. The van der Waals surface area contributed by atoms with Gasteiger partial charge < -0.3 is 15.2 Å². The van der Waals surface area contributed by atoms with Gasteiger partial charge in [0.2, 0.25) is 0 Å². The number of rotatable bonds is 7. The van der Waals surface area contributed by atoms with E-state index < -0.39 is 0 Å². The highest BCUT2D eigenvalue weighted by molar-refractivity contribution is 9.10. The number of para-hydroxylation sites is 1. The van der Waals surface area contributed by atoms with Crippen LogP contribution in [0.4, 0.5) is 0 Å². The van der Waals surface area contributed by atoms with E-state index in [9.17, 15) is 0 Å². The molecular formula is C16H18BrNO2. The summed E-state index contributed by atoms with van der Waals surface area (Å²) in [5.74, 6) is 0.865. The molecule has 3 nitrogen and oxygen atoms in total. The van der Waals surface area contributed by atoms with Crippen LogP contribution in [0.15, 0.2) is 53.0 Å². The van der Waals surface area contributed by atoms with Crippen LogP contribution < -0.4 is 10.5 Å². The van der Waals surface area contributed by atoms with Crippen molar-refractivity contribution in [2.45, 2.75) is 13.2 Å². The number of benzene rings is 2. The third-order valence-corrected chi connectivity index (χ3v) is 3.59. The maximum absolute atomic E-state index is 5.61. The fourth-order valence-corrected chi connectivity index (χ4v) is 2.29. The van der Waals surface area contributed by atoms with E-state index in [0.717, 1.165) is 21.3 Å². The summed E-state index contributed by atoms with van der Waals surface area (Å²) in [6.07, 6.45) is 0. The number of nitrogens with two attached hydrogens (primary N) is 1. The van der Waals surface area contributed by atoms with Crippen LogP contribution in [0.3, 0.4) is 0 Å². The fourth-order valence-electron chi connectivity index (χ4n) is 1.75. The van der Waals surface area contributed by atoms with E-state index in [-0.39, 0.29) is 0 Å². The number of hydrogen-bond acceptors (Lipinski definition) is 3. The van der Waals surface area contributed by atoms with E-state index in [0.29, 0.717) is 26.4 Å². The highest BCUT2D eigenvalue weighted by Crippen LogP contribution is 2.19. The van der Waals surface area contributed by atoms with Gasteiger partial charge in [-0.3, -0.25) is 0 Å². The minimum Gasteiger partial charge on any atom is -0.491 e. The molecule has 2 rings (SSSR count). The van der Waals surface area contributed by atoms with E-state index in [1.807, 2.05) is 48.5 Å². The largest absolute Gasteiger partial charge is 0.491 e. The van der Waals surface area contributed by atoms with Gasteiger partial charge in [-0.1, -0.05) is 46.3 Å². The van der Waals surface area contributed by atoms with Crippen LogP contribution in [0.2, 0.25) is 0 Å². The van der Waals surface area contributed by atoms with Gasteiger partial charge in [-0.05, 0) is 29.3 Å². The number of ether oxygens (including phenoxy) is 2. The summed E-state index contributed by atoms with van der Waals surface area (Å²) in [5, 5.41) is 0. The van der Waals surface area contributed by atoms with Gasteiger partial charge in [0.05, 0.1) is 13.2 Å². The van der Waals surface area contributed by atoms with Crippen LogP contribution >= 0.6 is 15.9 Å². The molecule has 0 aromatic heterocycles. The van der Waals surface area contributed by atoms with E-state index in [1.54, 1.807) is 0 Å². The molecule has 0 amide bonds. The molecular weight excluding hydrogens is 318 g/mol. The van der Waals surface area contributed by atoms with E-state index in [4.69, 9.17) is 15.2 Å². The number of halogens is 1. The minimum atomic E-state index is 0.544. The number of hydrogen-bond donors (Lipinski definition) is 1. The topological polar surface area (TPSA) is 44.5 Å². The second-order valence-electron chi connectivity index (χ2n) is 4.34. The molecule has 0 aliphatic rings. The molecule has 0 saturated heterocycles. The molecule has 20 heavy (non-hydrogen) atoms. The standard InChI is InChI=1S/C16H18BrNO2/c17-16-10-13(11-18)6-7-14(16)12-19-8-9-20-15-4-2-1-3-5-15/h1-7,10H,8-9,11-12,18H2. The molecule has 0 saturated carbocycles. The van der Waals surface area contributed by atoms with Gasteiger partial charge in [0.25, 0.3) is 0 Å². The van der Waals surface area contributed by atoms with E-state index in [2.05, 4.69) is 15.9 Å². The predicted octanol–water partition coefficient (Wildman–Crippen LogP) is 3.50. The normalized spacial score (nSPS) is 10.5. The summed E-state index contributed by atoms with van der Waals surface area (Å²) in [7, 11) is 0. The first-order valence-electron chi connectivity index (χ1n) is 6.52. The highest BCUT2D eigenvalue weighted by Gasteiger charge is 2.01. The predicted molar refractivity (Wildman–Crippen MR) is 83.6 cm³/mol. The molecule has 0 aliphatic heterocycles. The minimum absolute atomic E-state index is 0.544. The second kappa shape index (κ2) is 8.04. The van der Waals surface area contributed by atoms with Crippen LogP contribution in [0.1, 0.15) is 11.1 Å². The summed E-state index contributed by atoms with van der Waals surface area (Å²) in [4.78, 5) is 0. The fraction of sp³-hybridized carbons (Fsp3) is 0.250. The molecule has 0 atom stereocenters. The quantitative estimate of drug-likeness (QED) is 0.787. The van der Waals surface area contributed by atoms with Gasteiger partial charge in [-0.2, -0.15) is 0 Å². The highest BCUT2D eigenvalue weighted by atomic mass is 79.9. The van der Waals surface area contributed by atoms with Gasteiger partial charge in [0.1, 0.15) is 12.4 Å². The molecule has 0 unspecified atom stereocenters. The van der Waals surface area contributed by atoms with Gasteiger partial charge in [-0.15, -0.1) is 0 Å². The van der Waals surface area contributed by atoms with Crippen molar-refractivity contribution in [3.05, 3.63) is 64.1 Å². The van der Waals surface area contributed by atoms with Crippen LogP contribution in [0, 0.1) is 0 Å². The Morgan fingerprint density at radius 2 is 1.80 bits per heavy atom. The van der Waals surface area contributed by atoms with Crippen LogP contribution in [-0.2, 0) is 17.9 Å². The molecule has 0 fully saturated rings. The van der Waals surface area contributed by atoms with Gasteiger partial charge in [0, 0.05) is 11.0 Å². The van der Waals surface area contributed by atoms with Gasteiger partial charge in [0.15, 0.2) is 0 Å². The summed E-state index contributed by atoms with van der Waals surface area (Å²) in [5.41, 5.74) is 7.81. The molecule has 106 valence electrons. The van der Waals surface area contributed by atoms with Crippen molar-refractivity contribution in [2.24, 2.45) is 5.73 Å². The molecule has 0 spiro atoms. The molecule has 0 radical (unpaired) electrons. The maximum atomic E-state index is 5.61. The van der Waals surface area contributed by atoms with Crippen molar-refractivity contribution in [1.29, 1.82) is 0 Å². The molecule has 0 heterocycles. The SMILES string of the molecule is NCc1ccc(COCCOc2ccccc2)c(Br)c1. The Morgan fingerprint density at radius 3 is 2.50 bits per heavy atom. The lowest BCUT2D eigenvalue weighted by atomic mass is 10.1. The van der Waals surface area contributed by atoms with Gasteiger partial charge >= 0.3 is 0 Å². The Bertz CT molecular complexity index is 531. The first kappa shape index (κ1) is 15.0. The smallest absolute Gasteiger partial charge is 0.119 e. The Labute approximate surface area is 127 Å². The monoisotopic (exact) mass is 335 g/mol. The Kier molecular flexibility index (Phi) is 6.05. The van der Waals surface area contributed by atoms with Crippen molar-refractivity contribution in [3.8, 4) is 5.75 Å². The lowest BCUT2D eigenvalue weighted by Crippen LogP contribution is -2.07. The molecule has 0 aliphatic carbocycles. The van der Waals surface area contributed by atoms with E-state index in [1.165, 1.54) is 0 Å². The van der Waals surface area contributed by atoms with Gasteiger partial charge in [-0.25, -0.2) is 0 Å². The summed E-state index contributed by atoms with van der Waals surface area (Å²) >= 11 is 3.53. The molecule has 4 heteroatoms. The first-order chi connectivity index (χ1) is 9.79. The van der Waals surface area contributed by atoms with Crippen LogP contribution in [0.25, 0.3) is 0 Å².